The molecular formula is C17H24N2O2. The van der Waals surface area contributed by atoms with Crippen LogP contribution >= 0.6 is 0 Å². The van der Waals surface area contributed by atoms with Gasteiger partial charge in [-0.2, -0.15) is 0 Å². The van der Waals surface area contributed by atoms with Crippen LogP contribution in [0.2, 0.25) is 0 Å². The summed E-state index contributed by atoms with van der Waals surface area (Å²) in [6.07, 6.45) is 1.45. The number of nitrogens with zero attached hydrogens (tertiary/aromatic N) is 2. The molecular weight excluding hydrogens is 264 g/mol. The molecule has 0 aliphatic carbocycles. The van der Waals surface area contributed by atoms with Crippen molar-refractivity contribution in [3.63, 3.8) is 0 Å². The Morgan fingerprint density at radius 1 is 1.14 bits per heavy atom. The Bertz CT molecular complexity index is 477. The molecule has 2 fully saturated rings. The highest BCUT2D eigenvalue weighted by atomic mass is 16.3. The summed E-state index contributed by atoms with van der Waals surface area (Å²) in [7, 11) is 0. The molecule has 0 aromatic heterocycles. The van der Waals surface area contributed by atoms with Gasteiger partial charge in [0, 0.05) is 32.6 Å². The van der Waals surface area contributed by atoms with E-state index in [-0.39, 0.29) is 18.9 Å². The number of aliphatic hydroxyl groups excluding tert-OH is 1. The smallest absolute Gasteiger partial charge is 0.224 e. The monoisotopic (exact) mass is 288 g/mol. The number of carbonyl (C=O) groups excluding carboxylic acids is 1. The minimum Gasteiger partial charge on any atom is -0.396 e. The molecule has 0 bridgehead atoms. The average Bonchev–Trinajstić information content (AvgIpc) is 2.92. The molecule has 3 rings (SSSR count). The predicted molar refractivity (Wildman–Crippen MR) is 81.6 cm³/mol. The number of hydrogen-bond acceptors (Lipinski definition) is 3. The van der Waals surface area contributed by atoms with E-state index in [4.69, 9.17) is 5.11 Å². The Hall–Kier alpha value is -1.39. The van der Waals surface area contributed by atoms with Crippen molar-refractivity contribution < 1.29 is 9.90 Å². The van der Waals surface area contributed by atoms with Crippen LogP contribution in [0.3, 0.4) is 0 Å². The summed E-state index contributed by atoms with van der Waals surface area (Å²) in [6.45, 7) is 4.94. The maximum absolute atomic E-state index is 11.9. The van der Waals surface area contributed by atoms with Crippen LogP contribution < -0.4 is 0 Å². The second-order valence-corrected chi connectivity index (χ2v) is 6.30. The molecule has 2 saturated heterocycles. The van der Waals surface area contributed by atoms with Gasteiger partial charge < -0.3 is 10.0 Å². The van der Waals surface area contributed by atoms with Crippen LogP contribution in [0.4, 0.5) is 0 Å². The van der Waals surface area contributed by atoms with Crippen LogP contribution in [0, 0.1) is 11.8 Å². The van der Waals surface area contributed by atoms with E-state index in [0.29, 0.717) is 11.8 Å². The number of fused-ring (bicyclic) bond motifs is 1. The molecule has 0 unspecified atom stereocenters. The number of benzene rings is 1. The Balaban J connectivity index is 1.55. The summed E-state index contributed by atoms with van der Waals surface area (Å²) in [5.74, 6) is 1.37. The van der Waals surface area contributed by atoms with Crippen LogP contribution in [-0.2, 0) is 11.3 Å². The van der Waals surface area contributed by atoms with Gasteiger partial charge >= 0.3 is 0 Å². The molecule has 1 amide bonds. The van der Waals surface area contributed by atoms with Crippen molar-refractivity contribution in [2.75, 3.05) is 32.8 Å². The third-order valence-electron chi connectivity index (χ3n) is 4.81. The summed E-state index contributed by atoms with van der Waals surface area (Å²) < 4.78 is 0. The molecule has 0 saturated carbocycles. The zero-order valence-corrected chi connectivity index (χ0v) is 12.4. The molecule has 1 N–H and O–H groups in total. The first-order valence-electron chi connectivity index (χ1n) is 7.91. The van der Waals surface area contributed by atoms with Crippen molar-refractivity contribution in [2.45, 2.75) is 19.4 Å². The normalized spacial score (nSPS) is 25.9. The van der Waals surface area contributed by atoms with E-state index in [1.807, 2.05) is 4.90 Å². The maximum atomic E-state index is 11.9. The molecule has 1 aromatic rings. The number of aliphatic hydroxyl groups is 1. The Kier molecular flexibility index (Phi) is 4.56. The highest BCUT2D eigenvalue weighted by Crippen LogP contribution is 2.32. The lowest BCUT2D eigenvalue weighted by atomic mass is 9.88. The quantitative estimate of drug-likeness (QED) is 0.909. The molecule has 114 valence electrons. The summed E-state index contributed by atoms with van der Waals surface area (Å²) in [5, 5.41) is 8.91. The fourth-order valence-electron chi connectivity index (χ4n) is 3.69. The van der Waals surface area contributed by atoms with Gasteiger partial charge in [0.05, 0.1) is 6.61 Å². The molecule has 4 heteroatoms. The predicted octanol–water partition coefficient (Wildman–Crippen LogP) is 1.35. The fraction of sp³-hybridized carbons (Fsp3) is 0.588. The lowest BCUT2D eigenvalue weighted by molar-refractivity contribution is -0.131. The van der Waals surface area contributed by atoms with Gasteiger partial charge in [0.15, 0.2) is 0 Å². The van der Waals surface area contributed by atoms with E-state index >= 15 is 0 Å². The molecule has 2 heterocycles. The summed E-state index contributed by atoms with van der Waals surface area (Å²) in [5.41, 5.74) is 1.36. The topological polar surface area (TPSA) is 43.8 Å². The lowest BCUT2D eigenvalue weighted by Crippen LogP contribution is -2.39. The minimum absolute atomic E-state index is 0.0369. The molecule has 2 aliphatic rings. The van der Waals surface area contributed by atoms with Crippen LogP contribution in [0.15, 0.2) is 30.3 Å². The maximum Gasteiger partial charge on any atom is 0.224 e. The molecule has 4 nitrogen and oxygen atoms in total. The van der Waals surface area contributed by atoms with E-state index in [0.717, 1.165) is 32.7 Å². The molecule has 0 radical (unpaired) electrons. The molecule has 0 spiro atoms. The average molecular weight is 288 g/mol. The molecule has 2 atom stereocenters. The van der Waals surface area contributed by atoms with Gasteiger partial charge in [-0.05, 0) is 30.4 Å². The largest absolute Gasteiger partial charge is 0.396 e. The lowest BCUT2D eigenvalue weighted by Gasteiger charge is -2.34. The summed E-state index contributed by atoms with van der Waals surface area (Å²) in [6, 6.07) is 10.6. The standard InChI is InChI=1S/C17H24N2O2/c20-9-7-17(21)19-12-15-6-8-18(11-16(15)13-19)10-14-4-2-1-3-5-14/h1-5,15-16,20H,6-13H2/t15-,16+/m0/s1. The molecule has 21 heavy (non-hydrogen) atoms. The number of likely N-dealkylation sites (tertiary alicyclic amines) is 2. The van der Waals surface area contributed by atoms with E-state index < -0.39 is 0 Å². The van der Waals surface area contributed by atoms with Gasteiger partial charge in [0.1, 0.15) is 0 Å². The van der Waals surface area contributed by atoms with Gasteiger partial charge in [-0.3, -0.25) is 9.69 Å². The summed E-state index contributed by atoms with van der Waals surface area (Å²) in [4.78, 5) is 16.4. The Labute approximate surface area is 126 Å². The minimum atomic E-state index is -0.0369. The third kappa shape index (κ3) is 3.44. The van der Waals surface area contributed by atoms with E-state index in [1.165, 1.54) is 12.0 Å². The second kappa shape index (κ2) is 6.58. The Morgan fingerprint density at radius 2 is 1.90 bits per heavy atom. The fourth-order valence-corrected chi connectivity index (χ4v) is 3.69. The zero-order chi connectivity index (χ0) is 14.7. The first-order valence-corrected chi connectivity index (χ1v) is 7.91. The van der Waals surface area contributed by atoms with E-state index in [1.54, 1.807) is 0 Å². The van der Waals surface area contributed by atoms with Crippen molar-refractivity contribution >= 4 is 5.91 Å². The molecule has 2 aliphatic heterocycles. The first-order chi connectivity index (χ1) is 10.3. The number of amides is 1. The first kappa shape index (κ1) is 14.5. The number of rotatable bonds is 4. The van der Waals surface area contributed by atoms with Crippen molar-refractivity contribution in [3.8, 4) is 0 Å². The van der Waals surface area contributed by atoms with Gasteiger partial charge in [-0.1, -0.05) is 30.3 Å². The SMILES string of the molecule is O=C(CCO)N1C[C@H]2CN(Cc3ccccc3)CC[C@H]2C1. The zero-order valence-electron chi connectivity index (χ0n) is 12.4. The van der Waals surface area contributed by atoms with Gasteiger partial charge in [0.2, 0.25) is 5.91 Å². The second-order valence-electron chi connectivity index (χ2n) is 6.30. The summed E-state index contributed by atoms with van der Waals surface area (Å²) >= 11 is 0. The van der Waals surface area contributed by atoms with Crippen LogP contribution in [0.5, 0.6) is 0 Å². The van der Waals surface area contributed by atoms with Crippen molar-refractivity contribution in [2.24, 2.45) is 11.8 Å². The van der Waals surface area contributed by atoms with E-state index in [2.05, 4.69) is 35.2 Å². The van der Waals surface area contributed by atoms with Crippen LogP contribution in [0.25, 0.3) is 0 Å². The van der Waals surface area contributed by atoms with Crippen molar-refractivity contribution in [1.29, 1.82) is 0 Å². The Morgan fingerprint density at radius 3 is 2.67 bits per heavy atom. The van der Waals surface area contributed by atoms with E-state index in [9.17, 15) is 4.79 Å². The van der Waals surface area contributed by atoms with Crippen molar-refractivity contribution in [3.05, 3.63) is 35.9 Å². The number of carbonyl (C=O) groups is 1. The number of piperidine rings is 1. The van der Waals surface area contributed by atoms with Gasteiger partial charge in [0.25, 0.3) is 0 Å². The number of hydrogen-bond donors (Lipinski definition) is 1. The van der Waals surface area contributed by atoms with Crippen molar-refractivity contribution in [1.82, 2.24) is 9.80 Å². The van der Waals surface area contributed by atoms with Crippen LogP contribution in [0.1, 0.15) is 18.4 Å². The van der Waals surface area contributed by atoms with Gasteiger partial charge in [-0.25, -0.2) is 0 Å². The third-order valence-corrected chi connectivity index (χ3v) is 4.81. The molecule has 1 aromatic carbocycles. The highest BCUT2D eigenvalue weighted by molar-refractivity contribution is 5.76. The highest BCUT2D eigenvalue weighted by Gasteiger charge is 2.38. The van der Waals surface area contributed by atoms with Gasteiger partial charge in [-0.15, -0.1) is 0 Å². The van der Waals surface area contributed by atoms with Crippen LogP contribution in [-0.4, -0.2) is 53.6 Å².